The molecular formula is C29H46N4O6. The van der Waals surface area contributed by atoms with Crippen molar-refractivity contribution >= 4 is 29.0 Å². The zero-order valence-corrected chi connectivity index (χ0v) is 25.0. The summed E-state index contributed by atoms with van der Waals surface area (Å²) in [5.74, 6) is 0.451. The SMILES string of the molecule is COc1ccc2c(c1)c(CCN(C)C)cn2C(=O)C(CCCCNC(=O)OC(C)(C)C)NC(=O)OC(C)(C)C. The second-order valence-electron chi connectivity index (χ2n) is 11.9. The quantitative estimate of drug-likeness (QED) is 0.382. The lowest BCUT2D eigenvalue weighted by atomic mass is 10.1. The Balaban J connectivity index is 2.24. The van der Waals surface area contributed by atoms with Crippen molar-refractivity contribution in [3.05, 3.63) is 30.0 Å². The van der Waals surface area contributed by atoms with Crippen molar-refractivity contribution in [3.63, 3.8) is 0 Å². The Morgan fingerprint density at radius 3 is 2.21 bits per heavy atom. The smallest absolute Gasteiger partial charge is 0.408 e. The van der Waals surface area contributed by atoms with Crippen molar-refractivity contribution in [1.29, 1.82) is 0 Å². The van der Waals surface area contributed by atoms with Crippen LogP contribution in [0.4, 0.5) is 9.59 Å². The third-order valence-corrected chi connectivity index (χ3v) is 5.74. The van der Waals surface area contributed by atoms with Crippen molar-refractivity contribution in [2.75, 3.05) is 34.3 Å². The number of carbonyl (C=O) groups excluding carboxylic acids is 3. The average molecular weight is 547 g/mol. The van der Waals surface area contributed by atoms with Crippen LogP contribution in [-0.2, 0) is 15.9 Å². The van der Waals surface area contributed by atoms with E-state index in [0.717, 1.165) is 29.4 Å². The molecule has 1 aromatic carbocycles. The normalized spacial score (nSPS) is 12.8. The van der Waals surface area contributed by atoms with Crippen LogP contribution in [0.5, 0.6) is 5.75 Å². The molecule has 0 radical (unpaired) electrons. The largest absolute Gasteiger partial charge is 0.497 e. The number of hydrogen-bond donors (Lipinski definition) is 2. The van der Waals surface area contributed by atoms with Gasteiger partial charge in [-0.1, -0.05) is 0 Å². The average Bonchev–Trinajstić information content (AvgIpc) is 3.16. The summed E-state index contributed by atoms with van der Waals surface area (Å²) in [6.45, 7) is 11.9. The van der Waals surface area contributed by atoms with Gasteiger partial charge in [-0.3, -0.25) is 9.36 Å². The fraction of sp³-hybridized carbons (Fsp3) is 0.621. The fourth-order valence-electron chi connectivity index (χ4n) is 3.98. The van der Waals surface area contributed by atoms with Gasteiger partial charge in [0.2, 0.25) is 0 Å². The van der Waals surface area contributed by atoms with Gasteiger partial charge in [-0.25, -0.2) is 9.59 Å². The van der Waals surface area contributed by atoms with Gasteiger partial charge in [0.05, 0.1) is 12.6 Å². The van der Waals surface area contributed by atoms with Crippen molar-refractivity contribution in [2.24, 2.45) is 0 Å². The number of benzene rings is 1. The first kappa shape index (κ1) is 31.9. The van der Waals surface area contributed by atoms with Gasteiger partial charge in [0.15, 0.2) is 0 Å². The molecule has 1 unspecified atom stereocenters. The highest BCUT2D eigenvalue weighted by atomic mass is 16.6. The van der Waals surface area contributed by atoms with E-state index < -0.39 is 29.4 Å². The number of carbonyl (C=O) groups is 3. The Morgan fingerprint density at radius 2 is 1.62 bits per heavy atom. The lowest BCUT2D eigenvalue weighted by molar-refractivity contribution is 0.0479. The van der Waals surface area contributed by atoms with Crippen LogP contribution in [0.25, 0.3) is 10.9 Å². The third kappa shape index (κ3) is 10.8. The number of amides is 2. The molecule has 0 saturated carbocycles. The Hall–Kier alpha value is -3.27. The van der Waals surface area contributed by atoms with E-state index in [-0.39, 0.29) is 5.91 Å². The lowest BCUT2D eigenvalue weighted by Gasteiger charge is -2.23. The summed E-state index contributed by atoms with van der Waals surface area (Å²) in [7, 11) is 5.62. The Morgan fingerprint density at radius 1 is 0.974 bits per heavy atom. The summed E-state index contributed by atoms with van der Waals surface area (Å²) >= 11 is 0. The first-order chi connectivity index (χ1) is 18.1. The van der Waals surface area contributed by atoms with Gasteiger partial charge in [-0.2, -0.15) is 0 Å². The molecule has 0 aliphatic carbocycles. The van der Waals surface area contributed by atoms with E-state index in [1.807, 2.05) is 38.5 Å². The molecule has 2 amide bonds. The molecule has 2 aromatic rings. The number of ether oxygens (including phenoxy) is 3. The van der Waals surface area contributed by atoms with Crippen LogP contribution in [0, 0.1) is 0 Å². The maximum absolute atomic E-state index is 13.9. The predicted molar refractivity (Wildman–Crippen MR) is 153 cm³/mol. The highest BCUT2D eigenvalue weighted by molar-refractivity contribution is 5.98. The van der Waals surface area contributed by atoms with E-state index in [1.54, 1.807) is 53.2 Å². The number of rotatable bonds is 11. The number of nitrogens with one attached hydrogen (secondary N) is 2. The molecule has 0 bridgehead atoms. The van der Waals surface area contributed by atoms with E-state index in [2.05, 4.69) is 15.5 Å². The Labute approximate surface area is 232 Å². The number of methoxy groups -OCH3 is 1. The van der Waals surface area contributed by atoms with E-state index in [0.29, 0.717) is 31.6 Å². The summed E-state index contributed by atoms with van der Waals surface area (Å²) < 4.78 is 17.7. The first-order valence-electron chi connectivity index (χ1n) is 13.4. The number of hydrogen-bond acceptors (Lipinski definition) is 7. The number of fused-ring (bicyclic) bond motifs is 1. The molecule has 0 spiro atoms. The molecule has 10 heteroatoms. The zero-order chi connectivity index (χ0) is 29.4. The summed E-state index contributed by atoms with van der Waals surface area (Å²) in [5, 5.41) is 6.43. The third-order valence-electron chi connectivity index (χ3n) is 5.74. The van der Waals surface area contributed by atoms with Crippen molar-refractivity contribution in [2.45, 2.75) is 84.5 Å². The summed E-state index contributed by atoms with van der Waals surface area (Å²) in [4.78, 5) is 40.5. The number of nitrogens with zero attached hydrogens (tertiary/aromatic N) is 2. The van der Waals surface area contributed by atoms with Gasteiger partial charge < -0.3 is 29.7 Å². The Kier molecular flexibility index (Phi) is 11.2. The second kappa shape index (κ2) is 13.7. The molecule has 39 heavy (non-hydrogen) atoms. The monoisotopic (exact) mass is 546 g/mol. The van der Waals surface area contributed by atoms with Gasteiger partial charge >= 0.3 is 12.2 Å². The van der Waals surface area contributed by atoms with Crippen molar-refractivity contribution in [1.82, 2.24) is 20.1 Å². The molecule has 10 nitrogen and oxygen atoms in total. The molecule has 0 fully saturated rings. The fourth-order valence-corrected chi connectivity index (χ4v) is 3.98. The highest BCUT2D eigenvalue weighted by Gasteiger charge is 2.27. The highest BCUT2D eigenvalue weighted by Crippen LogP contribution is 2.27. The topological polar surface area (TPSA) is 111 Å². The second-order valence-corrected chi connectivity index (χ2v) is 11.9. The van der Waals surface area contributed by atoms with Gasteiger partial charge in [0, 0.05) is 24.7 Å². The molecule has 0 aliphatic heterocycles. The van der Waals surface area contributed by atoms with Crippen LogP contribution >= 0.6 is 0 Å². The molecule has 1 atom stereocenters. The summed E-state index contributed by atoms with van der Waals surface area (Å²) in [5.41, 5.74) is 0.486. The molecule has 2 rings (SSSR count). The standard InChI is InChI=1S/C29H46N4O6/c1-28(2,3)38-26(35)30-16-11-10-12-23(31-27(36)39-29(4,5)6)25(34)33-19-20(15-17-32(7)8)22-18-21(37-9)13-14-24(22)33/h13-14,18-19,23H,10-12,15-17H2,1-9H3,(H,30,35)(H,31,36). The molecule has 0 saturated heterocycles. The maximum atomic E-state index is 13.9. The summed E-state index contributed by atoms with van der Waals surface area (Å²) in [6, 6.07) is 4.80. The van der Waals surface area contributed by atoms with Gasteiger partial charge in [0.25, 0.3) is 5.91 Å². The minimum absolute atomic E-state index is 0.257. The van der Waals surface area contributed by atoms with Crippen LogP contribution in [-0.4, -0.2) is 79.1 Å². The van der Waals surface area contributed by atoms with E-state index >= 15 is 0 Å². The summed E-state index contributed by atoms with van der Waals surface area (Å²) in [6.07, 6.45) is 3.03. The zero-order valence-electron chi connectivity index (χ0n) is 25.0. The molecule has 0 aliphatic rings. The number of aromatic nitrogens is 1. The number of likely N-dealkylation sites (N-methyl/N-ethyl adjacent to an activating group) is 1. The van der Waals surface area contributed by atoms with E-state index in [1.165, 1.54) is 0 Å². The van der Waals surface area contributed by atoms with Crippen LogP contribution in [0.3, 0.4) is 0 Å². The lowest BCUT2D eigenvalue weighted by Crippen LogP contribution is -2.45. The van der Waals surface area contributed by atoms with Crippen LogP contribution in [0.2, 0.25) is 0 Å². The van der Waals surface area contributed by atoms with Gasteiger partial charge in [-0.15, -0.1) is 0 Å². The minimum atomic E-state index is -0.819. The van der Waals surface area contributed by atoms with Gasteiger partial charge in [0.1, 0.15) is 23.0 Å². The molecule has 218 valence electrons. The molecular weight excluding hydrogens is 500 g/mol. The molecule has 1 aromatic heterocycles. The first-order valence-corrected chi connectivity index (χ1v) is 13.4. The van der Waals surface area contributed by atoms with E-state index in [4.69, 9.17) is 14.2 Å². The molecule has 2 N–H and O–H groups in total. The predicted octanol–water partition coefficient (Wildman–Crippen LogP) is 4.98. The Bertz CT molecular complexity index is 1130. The van der Waals surface area contributed by atoms with Crippen LogP contribution in [0.15, 0.2) is 24.4 Å². The van der Waals surface area contributed by atoms with Gasteiger partial charge in [-0.05, 0) is 105 Å². The van der Waals surface area contributed by atoms with Crippen molar-refractivity contribution < 1.29 is 28.6 Å². The maximum Gasteiger partial charge on any atom is 0.408 e. The van der Waals surface area contributed by atoms with Crippen LogP contribution < -0.4 is 15.4 Å². The van der Waals surface area contributed by atoms with Crippen LogP contribution in [0.1, 0.15) is 71.2 Å². The van der Waals surface area contributed by atoms with Crippen molar-refractivity contribution in [3.8, 4) is 5.75 Å². The molecule has 1 heterocycles. The van der Waals surface area contributed by atoms with E-state index in [9.17, 15) is 14.4 Å². The minimum Gasteiger partial charge on any atom is -0.497 e. The number of unbranched alkanes of at least 4 members (excludes halogenated alkanes) is 1. The number of alkyl carbamates (subject to hydrolysis) is 2.